The number of hydrogen-bond donors (Lipinski definition) is 25. The summed E-state index contributed by atoms with van der Waals surface area (Å²) in [6.45, 7) is 24.5. The Morgan fingerprint density at radius 2 is 0.979 bits per heavy atom. The quantitative estimate of drug-likeness (QED) is 0.00924. The van der Waals surface area contributed by atoms with Crippen molar-refractivity contribution in [3.8, 4) is 0 Å². The highest BCUT2D eigenvalue weighted by atomic mass is 16.8. The molecule has 4 saturated carbocycles. The van der Waals surface area contributed by atoms with Gasteiger partial charge in [0.25, 0.3) is 0 Å². The van der Waals surface area contributed by atoms with Gasteiger partial charge in [0, 0.05) is 18.8 Å². The van der Waals surface area contributed by atoms with Crippen LogP contribution in [0.3, 0.4) is 0 Å². The highest BCUT2D eigenvalue weighted by Crippen LogP contribution is 2.76. The molecular weight excluding hydrogens is 1930 g/mol. The molecule has 8 saturated heterocycles. The van der Waals surface area contributed by atoms with Gasteiger partial charge in [-0.05, 0) is 145 Å². The number of carbonyl (C=O) groups is 4. The Labute approximate surface area is 839 Å². The molecule has 0 radical (unpaired) electrons. The van der Waals surface area contributed by atoms with Crippen molar-refractivity contribution < 1.29 is 227 Å². The summed E-state index contributed by atoms with van der Waals surface area (Å²) in [7, 11) is 0. The van der Waals surface area contributed by atoms with Crippen LogP contribution in [0.15, 0.2) is 60.3 Å². The lowest BCUT2D eigenvalue weighted by Crippen LogP contribution is -2.70. The standard InChI is InChI=1S/C98H155NO46/c1-16-93(11,127)26-18-20-45(34-101)81(125)139-75-41(4)132-87(73(122)69(75)118)145-94(12,17-2)27-19-21-44(33-100)80(124)137-57-32-98(90(126)144-89-79(68(117)62(111)50(36-103)135-89)143-86-74(123)77(141-85-72(121)66(115)61(110)49(35-102)133-85)76(42(5)131-86)140-84-71(120)63(112)51(37-104)134-84)47(30-91(57,7)8)46-22-23-54-95(13)28-25-56(92(9,10)53(95)24-29-96(54,14)97(46,15)31-55(98)107)138-82-58(99-43(6)105)65(114)64(113)52(136-82)39-129-88-78(67(116)59(108)40(3)130-88)142-83-70(119)60(109)48(106)38-128-83/h16-17,20-22,40-42,47-79,82-89,100-104,106-123,127H,1-2,18-19,23-39H2,3-15H3,(H,99,105)/b44-21+,45-20+/t40?,41?,42?,47?,48-,49?,50?,51+,52?,53?,54?,55-,56+,57+,58+,59+,60-,61-,62-,63+,64-,65+,66-,67-,68-,69+,70+,71+,72+,73+,74+,75-,76+,77+,78+,79+,82+,83+,84+,85+,86+,87+,88-,89+,93?,94-,95+,96-,97-,98-/m1/s1. The summed E-state index contributed by atoms with van der Waals surface area (Å²) in [5.41, 5.74) is -9.16. The number of carbonyl (C=O) groups excluding carboxylic acids is 4. The van der Waals surface area contributed by atoms with Crippen molar-refractivity contribution in [2.75, 3.05) is 46.2 Å². The Kier molecular flexibility index (Phi) is 37.4. The maximum absolute atomic E-state index is 16.9. The molecule has 47 heteroatoms. The van der Waals surface area contributed by atoms with Gasteiger partial charge < -0.3 is 213 Å². The SMILES string of the molecule is C=CC(C)(O)CC/C=C(\CO)C(=O)O[C@@H]1C(C)O[C@@H](O[C@](C)(C=C)CC/C=C(\CO)C(=O)O[C@H]2C[C@@]3(C(=O)O[C@@H]4OC(CO)[C@@H](O)[C@@H](O)[C@@H]4O[C@@H]4OC(C)[C@H](O[C@@H]5O[C@@H](CO)[C@H](O)[C@@H]5O)[C@@H](O[C@@H]5OC(CO)[C@@H](O)[C@@H](O)[C@@H]5O)[C@@H]4O)C(CC2(C)C)C2=CCC4[C@@]5(C)CC[C@H](O[C@@H]6OC(CO[C@@H]7OC(C)[C@H](O)[C@@H](O)[C@@H]7O[C@@H]7OC[C@@H](O)[C@@H](O)[C@@H]7O)[C@@H](O)[C@@H](O)[C@@H]6NC(C)=O)C(C)(C)C5CC[C@@]4(C)[C@]2(C)C[C@H]3O)[C@@H](O)[C@@H]1O. The predicted octanol–water partition coefficient (Wildman–Crippen LogP) is -5.92. The molecule has 5 aliphatic carbocycles. The molecule has 8 aliphatic heterocycles. The van der Waals surface area contributed by atoms with E-state index < -0.39 is 378 Å². The number of nitrogens with one attached hydrogen (secondary N) is 1. The first kappa shape index (κ1) is 117. The van der Waals surface area contributed by atoms with E-state index in [1.54, 1.807) is 20.8 Å². The fraction of sp³-hybridized carbons (Fsp3) is 0.857. The minimum atomic E-state index is -2.30. The van der Waals surface area contributed by atoms with Gasteiger partial charge >= 0.3 is 17.9 Å². The van der Waals surface area contributed by atoms with Gasteiger partial charge in [-0.1, -0.05) is 84.4 Å². The monoisotopic (exact) mass is 2080 g/mol. The minimum Gasteiger partial charge on any atom is -0.458 e. The number of fused-ring (bicyclic) bond motifs is 7. The van der Waals surface area contributed by atoms with E-state index in [0.717, 1.165) is 0 Å². The number of aliphatic hydroxyl groups is 24. The van der Waals surface area contributed by atoms with Crippen LogP contribution in [0.2, 0.25) is 0 Å². The fourth-order valence-corrected chi connectivity index (χ4v) is 24.7. The van der Waals surface area contributed by atoms with E-state index in [2.05, 4.69) is 38.4 Å². The summed E-state index contributed by atoms with van der Waals surface area (Å²) in [5, 5.41) is 272. The summed E-state index contributed by atoms with van der Waals surface area (Å²) >= 11 is 0. The second-order valence-corrected chi connectivity index (χ2v) is 44.1. The van der Waals surface area contributed by atoms with E-state index in [9.17, 15) is 132 Å². The summed E-state index contributed by atoms with van der Waals surface area (Å²) in [6.07, 6.45) is -60.6. The fourth-order valence-electron chi connectivity index (χ4n) is 24.7. The molecular formula is C98H155NO46. The summed E-state index contributed by atoms with van der Waals surface area (Å²) in [6, 6.07) is -1.38. The molecule has 13 rings (SSSR count). The first-order valence-corrected chi connectivity index (χ1v) is 50.0. The number of aliphatic hydroxyl groups excluding tert-OH is 23. The molecule has 47 nitrogen and oxygen atoms in total. The Morgan fingerprint density at radius 3 is 1.59 bits per heavy atom. The number of esters is 3. The molecule has 8 heterocycles. The van der Waals surface area contributed by atoms with Gasteiger partial charge in [-0.2, -0.15) is 0 Å². The maximum atomic E-state index is 16.9. The van der Waals surface area contributed by atoms with Crippen molar-refractivity contribution >= 4 is 23.8 Å². The van der Waals surface area contributed by atoms with Gasteiger partial charge in [0.1, 0.15) is 164 Å². The van der Waals surface area contributed by atoms with Crippen molar-refractivity contribution in [1.82, 2.24) is 5.32 Å². The van der Waals surface area contributed by atoms with Crippen molar-refractivity contribution in [1.29, 1.82) is 0 Å². The Hall–Kier alpha value is -4.98. The van der Waals surface area contributed by atoms with Gasteiger partial charge in [-0.3, -0.25) is 9.59 Å². The third-order valence-corrected chi connectivity index (χ3v) is 34.0. The van der Waals surface area contributed by atoms with Crippen molar-refractivity contribution in [3.05, 3.63) is 60.3 Å². The van der Waals surface area contributed by atoms with Gasteiger partial charge in [0.15, 0.2) is 56.2 Å². The number of rotatable bonds is 35. The molecule has 0 aromatic rings. The number of allylic oxidation sites excluding steroid dienone is 4. The molecule has 0 aromatic heterocycles. The van der Waals surface area contributed by atoms with E-state index in [1.807, 2.05) is 20.8 Å². The van der Waals surface area contributed by atoms with Crippen LogP contribution in [-0.4, -0.2) is 456 Å². The molecule has 50 atom stereocenters. The molecule has 828 valence electrons. The first-order valence-electron chi connectivity index (χ1n) is 50.0. The van der Waals surface area contributed by atoms with Crippen LogP contribution in [-0.2, 0) is 104 Å². The zero-order valence-electron chi connectivity index (χ0n) is 83.9. The summed E-state index contributed by atoms with van der Waals surface area (Å²) in [4.78, 5) is 58.4. The molecule has 10 unspecified atom stereocenters. The topological polar surface area (TPSA) is 732 Å². The zero-order valence-corrected chi connectivity index (χ0v) is 83.9. The van der Waals surface area contributed by atoms with Crippen LogP contribution in [0.4, 0.5) is 0 Å². The Morgan fingerprint density at radius 1 is 0.476 bits per heavy atom. The van der Waals surface area contributed by atoms with E-state index in [1.165, 1.54) is 58.9 Å². The van der Waals surface area contributed by atoms with Crippen molar-refractivity contribution in [2.24, 2.45) is 50.2 Å². The van der Waals surface area contributed by atoms with Crippen molar-refractivity contribution in [2.45, 2.75) is 430 Å². The minimum absolute atomic E-state index is 0.0571. The first-order chi connectivity index (χ1) is 68.0. The van der Waals surface area contributed by atoms with E-state index in [4.69, 9.17) is 85.3 Å². The number of hydrogen-bond acceptors (Lipinski definition) is 46. The van der Waals surface area contributed by atoms with Crippen LogP contribution in [0.25, 0.3) is 0 Å². The molecule has 145 heavy (non-hydrogen) atoms. The average molecular weight is 2080 g/mol. The van der Waals surface area contributed by atoms with Crippen LogP contribution in [0.5, 0.6) is 0 Å². The average Bonchev–Trinajstić information content (AvgIpc) is 1.64. The normalized spacial score (nSPS) is 47.7. The summed E-state index contributed by atoms with van der Waals surface area (Å²) in [5.74, 6) is -5.48. The second kappa shape index (κ2) is 46.4. The molecule has 25 N–H and O–H groups in total. The molecule has 13 aliphatic rings. The third-order valence-electron chi connectivity index (χ3n) is 34.0. The largest absolute Gasteiger partial charge is 0.458 e. The Bertz CT molecular complexity index is 4490. The van der Waals surface area contributed by atoms with Crippen LogP contribution in [0.1, 0.15) is 167 Å². The number of amides is 1. The van der Waals surface area contributed by atoms with Crippen LogP contribution < -0.4 is 5.32 Å². The molecule has 1 amide bonds. The highest BCUT2D eigenvalue weighted by Gasteiger charge is 2.74. The lowest BCUT2D eigenvalue weighted by Gasteiger charge is -2.72. The number of ether oxygens (including phenoxy) is 18. The summed E-state index contributed by atoms with van der Waals surface area (Å²) < 4.78 is 110. The second-order valence-electron chi connectivity index (χ2n) is 44.1. The van der Waals surface area contributed by atoms with Crippen LogP contribution >= 0.6 is 0 Å². The molecule has 12 fully saturated rings. The van der Waals surface area contributed by atoms with E-state index in [0.29, 0.717) is 37.7 Å². The zero-order chi connectivity index (χ0) is 107. The van der Waals surface area contributed by atoms with E-state index in [-0.39, 0.29) is 61.5 Å². The van der Waals surface area contributed by atoms with E-state index >= 15 is 9.59 Å². The predicted molar refractivity (Wildman–Crippen MR) is 490 cm³/mol. The van der Waals surface area contributed by atoms with Crippen LogP contribution in [0, 0.1) is 50.2 Å². The van der Waals surface area contributed by atoms with Gasteiger partial charge in [0.2, 0.25) is 12.2 Å². The molecule has 0 aromatic carbocycles. The lowest BCUT2D eigenvalue weighted by atomic mass is 9.33. The lowest BCUT2D eigenvalue weighted by molar-refractivity contribution is -0.390. The molecule has 0 spiro atoms. The maximum Gasteiger partial charge on any atom is 0.336 e. The smallest absolute Gasteiger partial charge is 0.336 e. The third kappa shape index (κ3) is 23.0. The van der Waals surface area contributed by atoms with Crippen molar-refractivity contribution in [3.63, 3.8) is 0 Å². The molecule has 0 bridgehead atoms. The van der Waals surface area contributed by atoms with Gasteiger partial charge in [-0.15, -0.1) is 13.2 Å². The Balaban J connectivity index is 0.788. The highest BCUT2D eigenvalue weighted by molar-refractivity contribution is 5.89. The van der Waals surface area contributed by atoms with Gasteiger partial charge in [0.05, 0.1) is 99.1 Å². The van der Waals surface area contributed by atoms with Gasteiger partial charge in [-0.25, -0.2) is 9.59 Å².